The summed E-state index contributed by atoms with van der Waals surface area (Å²) in [4.78, 5) is 22.1. The van der Waals surface area contributed by atoms with Crippen molar-refractivity contribution in [2.45, 2.75) is 13.8 Å². The third-order valence-corrected chi connectivity index (χ3v) is 2.64. The molecule has 0 aliphatic heterocycles. The van der Waals surface area contributed by atoms with Crippen molar-refractivity contribution < 1.29 is 19.2 Å². The zero-order valence-electron chi connectivity index (χ0n) is 9.94. The maximum absolute atomic E-state index is 11.7. The van der Waals surface area contributed by atoms with Crippen LogP contribution >= 0.6 is 22.6 Å². The van der Waals surface area contributed by atoms with E-state index in [1.54, 1.807) is 13.8 Å². The Morgan fingerprint density at radius 3 is 2.56 bits per heavy atom. The zero-order valence-corrected chi connectivity index (χ0v) is 12.1. The van der Waals surface area contributed by atoms with Crippen LogP contribution in [0.3, 0.4) is 0 Å². The minimum absolute atomic E-state index is 0.0404. The van der Waals surface area contributed by atoms with Crippen molar-refractivity contribution in [3.63, 3.8) is 0 Å². The number of carbonyl (C=O) groups excluding carboxylic acids is 1. The third-order valence-electron chi connectivity index (χ3n) is 2.01. The van der Waals surface area contributed by atoms with Crippen LogP contribution in [0.4, 0.5) is 5.69 Å². The molecule has 0 amide bonds. The molecule has 6 nitrogen and oxygen atoms in total. The Balaban J connectivity index is 3.37. The lowest BCUT2D eigenvalue weighted by atomic mass is 10.1. The van der Waals surface area contributed by atoms with Crippen molar-refractivity contribution in [1.82, 2.24) is 0 Å². The number of nitrogens with zero attached hydrogens (tertiary/aromatic N) is 1. The molecule has 0 bridgehead atoms. The molecule has 98 valence electrons. The van der Waals surface area contributed by atoms with Crippen molar-refractivity contribution in [2.75, 3.05) is 13.2 Å². The summed E-state index contributed by atoms with van der Waals surface area (Å²) in [7, 11) is 0. The summed E-state index contributed by atoms with van der Waals surface area (Å²) in [5, 5.41) is 11.0. The van der Waals surface area contributed by atoms with Gasteiger partial charge in [0.25, 0.3) is 0 Å². The number of benzene rings is 1. The summed E-state index contributed by atoms with van der Waals surface area (Å²) in [6, 6.07) is 2.87. The molecule has 18 heavy (non-hydrogen) atoms. The van der Waals surface area contributed by atoms with E-state index in [-0.39, 0.29) is 30.2 Å². The monoisotopic (exact) mass is 365 g/mol. The Hall–Kier alpha value is -1.38. The normalized spacial score (nSPS) is 9.94. The second-order valence-electron chi connectivity index (χ2n) is 3.21. The summed E-state index contributed by atoms with van der Waals surface area (Å²) in [6.07, 6.45) is 0. The van der Waals surface area contributed by atoms with Crippen molar-refractivity contribution in [3.05, 3.63) is 31.4 Å². The van der Waals surface area contributed by atoms with Crippen molar-refractivity contribution in [3.8, 4) is 5.75 Å². The zero-order chi connectivity index (χ0) is 13.7. The van der Waals surface area contributed by atoms with Crippen LogP contribution in [0.1, 0.15) is 24.2 Å². The fourth-order valence-corrected chi connectivity index (χ4v) is 1.98. The van der Waals surface area contributed by atoms with Crippen molar-refractivity contribution in [2.24, 2.45) is 0 Å². The van der Waals surface area contributed by atoms with Gasteiger partial charge in [-0.15, -0.1) is 0 Å². The fourth-order valence-electron chi connectivity index (χ4n) is 1.37. The molecular formula is C11H12INO5. The van der Waals surface area contributed by atoms with Crippen LogP contribution in [0.5, 0.6) is 5.75 Å². The molecule has 7 heteroatoms. The average Bonchev–Trinajstić information content (AvgIpc) is 2.31. The van der Waals surface area contributed by atoms with Gasteiger partial charge in [0, 0.05) is 9.64 Å². The van der Waals surface area contributed by atoms with Crippen molar-refractivity contribution >= 4 is 34.2 Å². The highest BCUT2D eigenvalue weighted by Gasteiger charge is 2.25. The maximum atomic E-state index is 11.7. The van der Waals surface area contributed by atoms with Gasteiger partial charge in [0.1, 0.15) is 5.56 Å². The number of hydrogen-bond donors (Lipinski definition) is 0. The molecule has 1 aromatic rings. The fraction of sp³-hybridized carbons (Fsp3) is 0.364. The summed E-state index contributed by atoms with van der Waals surface area (Å²) >= 11 is 1.90. The third kappa shape index (κ3) is 3.31. The first-order chi connectivity index (χ1) is 8.51. The predicted octanol–water partition coefficient (Wildman–Crippen LogP) is 2.77. The molecule has 0 N–H and O–H groups in total. The number of nitro benzene ring substituents is 1. The number of carbonyl (C=O) groups is 1. The van der Waals surface area contributed by atoms with E-state index < -0.39 is 10.9 Å². The second-order valence-corrected chi connectivity index (χ2v) is 4.46. The molecule has 0 atom stereocenters. The van der Waals surface area contributed by atoms with Crippen LogP contribution in [0, 0.1) is 13.7 Å². The summed E-state index contributed by atoms with van der Waals surface area (Å²) in [5.41, 5.74) is -0.149. The summed E-state index contributed by atoms with van der Waals surface area (Å²) < 4.78 is 10.6. The molecule has 0 aromatic heterocycles. The molecule has 0 fully saturated rings. The molecule has 1 rings (SSSR count). The van der Waals surface area contributed by atoms with Crippen LogP contribution in [0.25, 0.3) is 0 Å². The minimum Gasteiger partial charge on any atom is -0.487 e. The van der Waals surface area contributed by atoms with Gasteiger partial charge in [-0.3, -0.25) is 10.1 Å². The lowest BCUT2D eigenvalue weighted by molar-refractivity contribution is -0.386. The van der Waals surface area contributed by atoms with Crippen LogP contribution in [0.2, 0.25) is 0 Å². The molecule has 0 aliphatic carbocycles. The van der Waals surface area contributed by atoms with Gasteiger partial charge >= 0.3 is 11.7 Å². The van der Waals surface area contributed by atoms with E-state index in [0.717, 1.165) is 0 Å². The lowest BCUT2D eigenvalue weighted by Crippen LogP contribution is -2.10. The Kier molecular flexibility index (Phi) is 5.32. The first-order valence-electron chi connectivity index (χ1n) is 5.29. The van der Waals surface area contributed by atoms with E-state index in [0.29, 0.717) is 3.57 Å². The van der Waals surface area contributed by atoms with E-state index in [4.69, 9.17) is 9.47 Å². The Morgan fingerprint density at radius 1 is 1.39 bits per heavy atom. The van der Waals surface area contributed by atoms with Gasteiger partial charge in [-0.05, 0) is 42.5 Å². The topological polar surface area (TPSA) is 78.7 Å². The van der Waals surface area contributed by atoms with Gasteiger partial charge in [0.2, 0.25) is 5.75 Å². The maximum Gasteiger partial charge on any atom is 0.342 e. The standard InChI is InChI=1S/C11H12INO5/c1-3-17-10-8(11(14)18-4-2)5-7(12)6-9(10)13(15)16/h5-6H,3-4H2,1-2H3. The van der Waals surface area contributed by atoms with Crippen LogP contribution < -0.4 is 4.74 Å². The average molecular weight is 365 g/mol. The van der Waals surface area contributed by atoms with E-state index in [1.807, 2.05) is 22.6 Å². The molecule has 1 aromatic carbocycles. The highest BCUT2D eigenvalue weighted by atomic mass is 127. The number of esters is 1. The van der Waals surface area contributed by atoms with E-state index in [2.05, 4.69) is 0 Å². The quantitative estimate of drug-likeness (QED) is 0.347. The molecule has 0 spiro atoms. The van der Waals surface area contributed by atoms with Gasteiger partial charge in [-0.2, -0.15) is 0 Å². The molecule has 0 saturated carbocycles. The SMILES string of the molecule is CCOC(=O)c1cc(I)cc([N+](=O)[O-])c1OCC. The van der Waals surface area contributed by atoms with Gasteiger partial charge in [-0.25, -0.2) is 4.79 Å². The van der Waals surface area contributed by atoms with Gasteiger partial charge in [0.15, 0.2) is 0 Å². The molecule has 0 heterocycles. The molecular weight excluding hydrogens is 353 g/mol. The number of halogens is 1. The Labute approximate surface area is 118 Å². The van der Waals surface area contributed by atoms with E-state index >= 15 is 0 Å². The van der Waals surface area contributed by atoms with Gasteiger partial charge in [-0.1, -0.05) is 0 Å². The number of rotatable bonds is 5. The van der Waals surface area contributed by atoms with Crippen molar-refractivity contribution in [1.29, 1.82) is 0 Å². The van der Waals surface area contributed by atoms with Gasteiger partial charge < -0.3 is 9.47 Å². The van der Waals surface area contributed by atoms with Crippen LogP contribution in [-0.2, 0) is 4.74 Å². The molecule has 0 saturated heterocycles. The highest BCUT2D eigenvalue weighted by Crippen LogP contribution is 2.33. The Morgan fingerprint density at radius 2 is 2.06 bits per heavy atom. The van der Waals surface area contributed by atoms with E-state index in [1.165, 1.54) is 12.1 Å². The highest BCUT2D eigenvalue weighted by molar-refractivity contribution is 14.1. The molecule has 0 aliphatic rings. The first-order valence-corrected chi connectivity index (χ1v) is 6.37. The largest absolute Gasteiger partial charge is 0.487 e. The molecule has 0 unspecified atom stereocenters. The first kappa shape index (κ1) is 14.7. The summed E-state index contributed by atoms with van der Waals surface area (Å²) in [6.45, 7) is 3.79. The van der Waals surface area contributed by atoms with Crippen LogP contribution in [0.15, 0.2) is 12.1 Å². The number of hydrogen-bond acceptors (Lipinski definition) is 5. The van der Waals surface area contributed by atoms with Gasteiger partial charge in [0.05, 0.1) is 18.1 Å². The van der Waals surface area contributed by atoms with E-state index in [9.17, 15) is 14.9 Å². The Bertz CT molecular complexity index is 475. The second kappa shape index (κ2) is 6.53. The minimum atomic E-state index is -0.623. The predicted molar refractivity (Wildman–Crippen MR) is 72.9 cm³/mol. The lowest BCUT2D eigenvalue weighted by Gasteiger charge is -2.10. The number of ether oxygens (including phenoxy) is 2. The summed E-state index contributed by atoms with van der Waals surface area (Å²) in [5.74, 6) is -0.663. The smallest absolute Gasteiger partial charge is 0.342 e. The van der Waals surface area contributed by atoms with Crippen LogP contribution in [-0.4, -0.2) is 24.1 Å². The molecule has 0 radical (unpaired) electrons. The number of nitro groups is 1.